The van der Waals surface area contributed by atoms with Crippen LogP contribution >= 0.6 is 0 Å². The summed E-state index contributed by atoms with van der Waals surface area (Å²) in [5.74, 6) is -9.71. The number of rotatable bonds is 15. The Hall–Kier alpha value is -6.13. The Labute approximate surface area is 508 Å². The van der Waals surface area contributed by atoms with Crippen molar-refractivity contribution in [1.82, 2.24) is 55.6 Å². The van der Waals surface area contributed by atoms with Gasteiger partial charge in [0, 0.05) is 49.3 Å². The van der Waals surface area contributed by atoms with Crippen molar-refractivity contribution in [2.24, 2.45) is 41.4 Å². The molecule has 1 heterocycles. The minimum atomic E-state index is -1.61. The quantitative estimate of drug-likeness (QED) is 0.148. The molecular formula is C62H111N11O12. The molecule has 0 aromatic heterocycles. The lowest BCUT2D eigenvalue weighted by Crippen LogP contribution is -2.63. The molecule has 5 N–H and O–H groups in total. The predicted octanol–water partition coefficient (Wildman–Crippen LogP) is 3.27. The Morgan fingerprint density at radius 1 is 0.459 bits per heavy atom. The van der Waals surface area contributed by atoms with Crippen LogP contribution in [0.4, 0.5) is 0 Å². The molecule has 23 nitrogen and oxygen atoms in total. The van der Waals surface area contributed by atoms with Crippen LogP contribution in [0.3, 0.4) is 0 Å². The highest BCUT2D eigenvalue weighted by Gasteiger charge is 2.45. The molecule has 11 amide bonds. The van der Waals surface area contributed by atoms with Crippen LogP contribution in [0.25, 0.3) is 0 Å². The fraction of sp³-hybridized carbons (Fsp3) is 0.790. The van der Waals surface area contributed by atoms with Crippen LogP contribution < -0.4 is 21.3 Å². The summed E-state index contributed by atoms with van der Waals surface area (Å²) < 4.78 is 0. The number of nitrogens with one attached hydrogen (secondary N) is 4. The summed E-state index contributed by atoms with van der Waals surface area (Å²) in [6.07, 6.45) is 3.04. The summed E-state index contributed by atoms with van der Waals surface area (Å²) >= 11 is 0. The van der Waals surface area contributed by atoms with Gasteiger partial charge in [0.05, 0.1) is 12.6 Å². The van der Waals surface area contributed by atoms with Gasteiger partial charge >= 0.3 is 0 Å². The first kappa shape index (κ1) is 76.9. The number of likely N-dealkylation sites (N-methyl/N-ethyl adjacent to an activating group) is 7. The van der Waals surface area contributed by atoms with Gasteiger partial charge in [-0.3, -0.25) is 52.7 Å². The summed E-state index contributed by atoms with van der Waals surface area (Å²) in [6, 6.07) is -12.3. The molecule has 1 rings (SSSR count). The first-order chi connectivity index (χ1) is 39.2. The third-order valence-corrected chi connectivity index (χ3v) is 16.1. The van der Waals surface area contributed by atoms with Crippen LogP contribution in [0.1, 0.15) is 156 Å². The lowest BCUT2D eigenvalue weighted by molar-refractivity contribution is -0.157. The Morgan fingerprint density at radius 2 is 0.871 bits per heavy atom. The smallest absolute Gasteiger partial charge is 0.246 e. The summed E-state index contributed by atoms with van der Waals surface area (Å²) in [5.41, 5.74) is 0. The van der Waals surface area contributed by atoms with Gasteiger partial charge in [0.2, 0.25) is 65.0 Å². The fourth-order valence-corrected chi connectivity index (χ4v) is 10.7. The van der Waals surface area contributed by atoms with Crippen LogP contribution in [0.15, 0.2) is 12.2 Å². The van der Waals surface area contributed by atoms with E-state index in [-0.39, 0.29) is 55.8 Å². The molecule has 0 bridgehead atoms. The van der Waals surface area contributed by atoms with E-state index >= 15 is 9.59 Å². The van der Waals surface area contributed by atoms with Gasteiger partial charge in [0.15, 0.2) is 0 Å². The van der Waals surface area contributed by atoms with E-state index < -0.39 is 156 Å². The van der Waals surface area contributed by atoms with Crippen LogP contribution in [0.5, 0.6) is 0 Å². The Bertz CT molecular complexity index is 2330. The predicted molar refractivity (Wildman–Crippen MR) is 328 cm³/mol. The minimum Gasteiger partial charge on any atom is -0.390 e. The second-order valence-electron chi connectivity index (χ2n) is 26.1. The summed E-state index contributed by atoms with van der Waals surface area (Å²) in [6.45, 7) is 29.3. The molecular weight excluding hydrogens is 1090 g/mol. The van der Waals surface area contributed by atoms with Gasteiger partial charge in [-0.15, -0.1) is 0 Å². The molecule has 0 radical (unpaired) electrons. The fourth-order valence-electron chi connectivity index (χ4n) is 10.7. The van der Waals surface area contributed by atoms with Crippen molar-refractivity contribution in [3.05, 3.63) is 12.2 Å². The normalized spacial score (nSPS) is 26.9. The molecule has 0 aromatic carbocycles. The van der Waals surface area contributed by atoms with Crippen molar-refractivity contribution in [2.75, 3.05) is 55.9 Å². The van der Waals surface area contributed by atoms with Gasteiger partial charge in [-0.25, -0.2) is 0 Å². The molecule has 0 spiro atoms. The number of amides is 11. The minimum absolute atomic E-state index is 0.0229. The summed E-state index contributed by atoms with van der Waals surface area (Å²) in [7, 11) is 9.92. The Kier molecular flexibility index (Phi) is 31.5. The average Bonchev–Trinajstić information content (AvgIpc) is 3.62. The summed E-state index contributed by atoms with van der Waals surface area (Å²) in [5, 5.41) is 23.1. The molecule has 0 saturated carbocycles. The molecule has 1 aliphatic rings. The zero-order valence-corrected chi connectivity index (χ0v) is 56.1. The van der Waals surface area contributed by atoms with Crippen molar-refractivity contribution >= 4 is 65.0 Å². The molecule has 0 aliphatic carbocycles. The van der Waals surface area contributed by atoms with E-state index in [0.717, 1.165) is 9.80 Å². The standard InChI is InChI=1S/C62H111N11O12/c1-25-27-28-40(15)52(75)51-56(79)65-43(26-2)58(81)67(18)33-48(74)68(19)44(29-34(3)4)55(78)66-49(38(11)12)61(84)69(20)45(30-35(5)6)54(77)63-41(16)53(76)64-42(17)57(80)70(21)46(31-36(7)8)59(82)71(22)47(32-37(9)10)60(83)72(23)50(39(13)14)62(85)73(51)24/h25,27,34-47,49-52,75H,26,28-33H2,1-24H3,(H,63,77)(H,64,76)(H,65,79)(H,66,78)/b27-25+/t40-,41-,42-,43-,44+,45-,46-,47-,49-,50-,51-,52+/m1/s1. The molecule has 0 unspecified atom stereocenters. The molecule has 486 valence electrons. The molecule has 0 aromatic rings. The largest absolute Gasteiger partial charge is 0.390 e. The number of hydrogen-bond donors (Lipinski definition) is 5. The number of hydrogen-bond acceptors (Lipinski definition) is 12. The zero-order chi connectivity index (χ0) is 66.0. The number of carbonyl (C=O) groups is 11. The van der Waals surface area contributed by atoms with Gasteiger partial charge in [-0.2, -0.15) is 0 Å². The van der Waals surface area contributed by atoms with Crippen LogP contribution in [-0.2, 0) is 52.7 Å². The topological polar surface area (TPSA) is 279 Å². The maximum Gasteiger partial charge on any atom is 0.246 e. The van der Waals surface area contributed by atoms with Crippen LogP contribution in [0, 0.1) is 41.4 Å². The van der Waals surface area contributed by atoms with E-state index in [1.807, 2.05) is 61.5 Å². The van der Waals surface area contributed by atoms with Crippen molar-refractivity contribution < 1.29 is 57.8 Å². The number of aliphatic hydroxyl groups excluding tert-OH is 1. The van der Waals surface area contributed by atoms with E-state index in [2.05, 4.69) is 21.3 Å². The maximum atomic E-state index is 15.1. The van der Waals surface area contributed by atoms with E-state index in [0.29, 0.717) is 6.42 Å². The van der Waals surface area contributed by atoms with E-state index in [4.69, 9.17) is 0 Å². The van der Waals surface area contributed by atoms with Crippen molar-refractivity contribution in [1.29, 1.82) is 0 Å². The molecule has 1 fully saturated rings. The lowest BCUT2D eigenvalue weighted by Gasteiger charge is -2.41. The highest BCUT2D eigenvalue weighted by molar-refractivity contribution is 5.99. The van der Waals surface area contributed by atoms with Gasteiger partial charge in [-0.05, 0) is 101 Å². The Morgan fingerprint density at radius 3 is 1.32 bits per heavy atom. The van der Waals surface area contributed by atoms with E-state index in [1.165, 1.54) is 87.7 Å². The highest BCUT2D eigenvalue weighted by atomic mass is 16.3. The van der Waals surface area contributed by atoms with E-state index in [9.17, 15) is 48.3 Å². The van der Waals surface area contributed by atoms with E-state index in [1.54, 1.807) is 54.5 Å². The number of nitrogens with zero attached hydrogens (tertiary/aromatic N) is 7. The van der Waals surface area contributed by atoms with Gasteiger partial charge in [0.25, 0.3) is 0 Å². The number of allylic oxidation sites excluding steroid dienone is 2. The molecule has 85 heavy (non-hydrogen) atoms. The Balaban J connectivity index is 4.32. The van der Waals surface area contributed by atoms with Crippen LogP contribution in [0.2, 0.25) is 0 Å². The first-order valence-electron chi connectivity index (χ1n) is 30.6. The first-order valence-corrected chi connectivity index (χ1v) is 30.6. The molecule has 1 saturated heterocycles. The second kappa shape index (κ2) is 34.9. The third kappa shape index (κ3) is 21.7. The second-order valence-corrected chi connectivity index (χ2v) is 26.1. The highest BCUT2D eigenvalue weighted by Crippen LogP contribution is 2.26. The number of carbonyl (C=O) groups excluding carboxylic acids is 11. The third-order valence-electron chi connectivity index (χ3n) is 16.1. The van der Waals surface area contributed by atoms with Gasteiger partial charge in [0.1, 0.15) is 60.4 Å². The van der Waals surface area contributed by atoms with Crippen molar-refractivity contribution in [3.63, 3.8) is 0 Å². The molecule has 1 aliphatic heterocycles. The van der Waals surface area contributed by atoms with Crippen molar-refractivity contribution in [3.8, 4) is 0 Å². The maximum absolute atomic E-state index is 15.1. The zero-order valence-electron chi connectivity index (χ0n) is 56.1. The van der Waals surface area contributed by atoms with Gasteiger partial charge in [-0.1, -0.05) is 109 Å². The number of aliphatic hydroxyl groups is 1. The summed E-state index contributed by atoms with van der Waals surface area (Å²) in [4.78, 5) is 169. The SMILES string of the molecule is C/C=C/C[C@@H](C)[C@H](O)[C@@H]1C(=O)N[C@H](CC)C(=O)N(C)CC(=O)N(C)[C@@H](CC(C)C)C(=O)N[C@H](C(C)C)C(=O)N(C)[C@H](CC(C)C)C(=O)N[C@H](C)C(=O)N[C@H](C)C(=O)N(C)[C@H](CC(C)C)C(=O)N(C)[C@H](CC(C)C)C(=O)N(C)[C@H](C(C)C)C(=O)N1C. The van der Waals surface area contributed by atoms with Crippen LogP contribution in [-0.4, -0.2) is 227 Å². The average molecular weight is 1200 g/mol. The van der Waals surface area contributed by atoms with Crippen molar-refractivity contribution in [2.45, 2.75) is 223 Å². The van der Waals surface area contributed by atoms with Gasteiger partial charge < -0.3 is 60.7 Å². The monoisotopic (exact) mass is 1200 g/mol. The molecule has 12 atom stereocenters. The molecule has 23 heteroatoms. The lowest BCUT2D eigenvalue weighted by atomic mass is 9.91.